The van der Waals surface area contributed by atoms with Crippen LogP contribution in [0.25, 0.3) is 0 Å². The molecule has 1 unspecified atom stereocenters. The van der Waals surface area contributed by atoms with Gasteiger partial charge in [-0.05, 0) is 56.2 Å². The van der Waals surface area contributed by atoms with E-state index < -0.39 is 17.3 Å². The number of carbonyl (C=O) groups excluding carboxylic acids is 1. The Kier molecular flexibility index (Phi) is 13.5. The first-order valence-electron chi connectivity index (χ1n) is 12.7. The minimum atomic E-state index is -1.54. The summed E-state index contributed by atoms with van der Waals surface area (Å²) in [6.07, 6.45) is 7.44. The highest BCUT2D eigenvalue weighted by Crippen LogP contribution is 2.35. The molecule has 6 heteroatoms. The van der Waals surface area contributed by atoms with Gasteiger partial charge in [0.1, 0.15) is 0 Å². The molecule has 5 nitrogen and oxygen atoms in total. The van der Waals surface area contributed by atoms with E-state index in [4.69, 9.17) is 4.74 Å². The van der Waals surface area contributed by atoms with E-state index >= 15 is 0 Å². The maximum atomic E-state index is 11.9. The normalized spacial score (nSPS) is 12.9. The van der Waals surface area contributed by atoms with Gasteiger partial charge in [0.05, 0.1) is 17.8 Å². The molecule has 2 aromatic rings. The van der Waals surface area contributed by atoms with Crippen molar-refractivity contribution >= 4 is 23.7 Å². The lowest BCUT2D eigenvalue weighted by Crippen LogP contribution is -2.27. The number of unbranched alkanes of at least 4 members (excludes halogenated alkanes) is 5. The molecule has 2 aromatic carbocycles. The first-order valence-corrected chi connectivity index (χ1v) is 13.8. The Hall–Kier alpha value is -2.31. The van der Waals surface area contributed by atoms with Crippen LogP contribution in [-0.2, 0) is 27.2 Å². The molecule has 2 rings (SSSR count). The van der Waals surface area contributed by atoms with Crippen LogP contribution in [0.3, 0.4) is 0 Å². The van der Waals surface area contributed by atoms with Crippen molar-refractivity contribution in [3.05, 3.63) is 71.3 Å². The highest BCUT2D eigenvalue weighted by molar-refractivity contribution is 7.99. The quantitative estimate of drug-likeness (QED) is 0.194. The maximum absolute atomic E-state index is 11.9. The summed E-state index contributed by atoms with van der Waals surface area (Å²) in [5, 5.41) is 19.2. The van der Waals surface area contributed by atoms with E-state index in [1.807, 2.05) is 24.3 Å². The molecular weight excluding hydrogens is 460 g/mol. The second-order valence-electron chi connectivity index (χ2n) is 9.17. The average molecular weight is 501 g/mol. The molecule has 0 heterocycles. The van der Waals surface area contributed by atoms with Gasteiger partial charge in [0.25, 0.3) is 0 Å². The summed E-state index contributed by atoms with van der Waals surface area (Å²) < 4.78 is 5.16. The Morgan fingerprint density at radius 1 is 0.857 bits per heavy atom. The number of aryl methyl sites for hydroxylation is 2. The lowest BCUT2D eigenvalue weighted by atomic mass is 9.96. The summed E-state index contributed by atoms with van der Waals surface area (Å²) in [6.45, 7) is 3.59. The number of rotatable bonds is 17. The van der Waals surface area contributed by atoms with E-state index in [1.54, 1.807) is 13.8 Å². The van der Waals surface area contributed by atoms with E-state index in [2.05, 4.69) is 30.3 Å². The van der Waals surface area contributed by atoms with Gasteiger partial charge in [-0.1, -0.05) is 80.3 Å². The summed E-state index contributed by atoms with van der Waals surface area (Å²) in [5.41, 5.74) is 3.31. The highest BCUT2D eigenvalue weighted by Gasteiger charge is 2.29. The molecule has 0 aromatic heterocycles. The molecule has 0 amide bonds. The Labute approximate surface area is 214 Å². The zero-order valence-corrected chi connectivity index (χ0v) is 21.8. The number of thioether (sulfide) groups is 1. The fourth-order valence-electron chi connectivity index (χ4n) is 4.11. The van der Waals surface area contributed by atoms with Crippen LogP contribution in [0, 0.1) is 0 Å². The van der Waals surface area contributed by atoms with Crippen LogP contribution in [0.1, 0.15) is 80.7 Å². The Bertz CT molecular complexity index is 884. The molecule has 0 bridgehead atoms. The number of aliphatic hydroxyl groups excluding tert-OH is 1. The van der Waals surface area contributed by atoms with Crippen LogP contribution in [0.5, 0.6) is 0 Å². The number of ether oxygens (including phenoxy) is 1. The van der Waals surface area contributed by atoms with Crippen molar-refractivity contribution in [3.63, 3.8) is 0 Å². The third-order valence-corrected chi connectivity index (χ3v) is 7.19. The average Bonchev–Trinajstić information content (AvgIpc) is 2.83. The van der Waals surface area contributed by atoms with Crippen LogP contribution in [0.15, 0.2) is 54.6 Å². The molecule has 2 atom stereocenters. The highest BCUT2D eigenvalue weighted by atomic mass is 32.2. The van der Waals surface area contributed by atoms with Gasteiger partial charge in [0.15, 0.2) is 6.10 Å². The largest absolute Gasteiger partial charge is 0.479 e. The van der Waals surface area contributed by atoms with E-state index in [9.17, 15) is 19.8 Å². The minimum Gasteiger partial charge on any atom is -0.479 e. The SMILES string of the molecule is CC(C)OC(=O)CCS[C@H](c1ccccc1CCCCCCCCc1ccccc1)C(O)C(=O)O. The van der Waals surface area contributed by atoms with Crippen molar-refractivity contribution in [2.24, 2.45) is 0 Å². The van der Waals surface area contributed by atoms with Crippen molar-refractivity contribution < 1.29 is 24.5 Å². The maximum Gasteiger partial charge on any atom is 0.334 e. The molecule has 192 valence electrons. The molecule has 35 heavy (non-hydrogen) atoms. The molecule has 2 N–H and O–H groups in total. The van der Waals surface area contributed by atoms with Gasteiger partial charge < -0.3 is 14.9 Å². The molecule has 0 saturated heterocycles. The van der Waals surface area contributed by atoms with Gasteiger partial charge in [-0.2, -0.15) is 0 Å². The van der Waals surface area contributed by atoms with Gasteiger partial charge in [-0.3, -0.25) is 4.79 Å². The number of carboxylic acids is 1. The van der Waals surface area contributed by atoms with Crippen molar-refractivity contribution in [2.45, 2.75) is 89.1 Å². The third-order valence-electron chi connectivity index (χ3n) is 5.88. The van der Waals surface area contributed by atoms with Crippen LogP contribution >= 0.6 is 11.8 Å². The second-order valence-corrected chi connectivity index (χ2v) is 10.4. The smallest absolute Gasteiger partial charge is 0.334 e. The van der Waals surface area contributed by atoms with Gasteiger partial charge in [0, 0.05) is 5.75 Å². The lowest BCUT2D eigenvalue weighted by Gasteiger charge is -2.23. The van der Waals surface area contributed by atoms with Crippen LogP contribution in [0.2, 0.25) is 0 Å². The fraction of sp³-hybridized carbons (Fsp3) is 0.517. The first-order chi connectivity index (χ1) is 16.9. The fourth-order valence-corrected chi connectivity index (χ4v) is 5.35. The molecule has 0 aliphatic rings. The van der Waals surface area contributed by atoms with E-state index in [-0.39, 0.29) is 18.5 Å². The number of hydrogen-bond acceptors (Lipinski definition) is 5. The van der Waals surface area contributed by atoms with Crippen LogP contribution < -0.4 is 0 Å². The molecule has 0 aliphatic carbocycles. The Morgan fingerprint density at radius 2 is 1.46 bits per heavy atom. The van der Waals surface area contributed by atoms with E-state index in [1.165, 1.54) is 43.0 Å². The minimum absolute atomic E-state index is 0.179. The summed E-state index contributed by atoms with van der Waals surface area (Å²) in [6, 6.07) is 18.3. The zero-order chi connectivity index (χ0) is 25.5. The molecule has 0 spiro atoms. The molecule has 0 radical (unpaired) electrons. The molecular formula is C29H40O5S. The number of aliphatic carboxylic acids is 1. The number of hydrogen-bond donors (Lipinski definition) is 2. The van der Waals surface area contributed by atoms with Crippen molar-refractivity contribution in [1.29, 1.82) is 0 Å². The molecule has 0 aliphatic heterocycles. The van der Waals surface area contributed by atoms with E-state index in [0.717, 1.165) is 36.8 Å². The van der Waals surface area contributed by atoms with Gasteiger partial charge in [-0.15, -0.1) is 11.8 Å². The number of carbonyl (C=O) groups is 2. The molecule has 0 saturated carbocycles. The number of aliphatic hydroxyl groups is 1. The van der Waals surface area contributed by atoms with Crippen molar-refractivity contribution in [3.8, 4) is 0 Å². The van der Waals surface area contributed by atoms with Crippen molar-refractivity contribution in [1.82, 2.24) is 0 Å². The summed E-state index contributed by atoms with van der Waals surface area (Å²) in [5.74, 6) is -1.18. The monoisotopic (exact) mass is 500 g/mol. The summed E-state index contributed by atoms with van der Waals surface area (Å²) in [7, 11) is 0. The lowest BCUT2D eigenvalue weighted by molar-refractivity contribution is -0.147. The van der Waals surface area contributed by atoms with Crippen LogP contribution in [-0.4, -0.2) is 40.1 Å². The number of carboxylic acid groups (broad SMARTS) is 1. The summed E-state index contributed by atoms with van der Waals surface area (Å²) >= 11 is 1.30. The van der Waals surface area contributed by atoms with Gasteiger partial charge >= 0.3 is 11.9 Å². The number of benzene rings is 2. The van der Waals surface area contributed by atoms with E-state index in [0.29, 0.717) is 5.75 Å². The Morgan fingerprint density at radius 3 is 2.11 bits per heavy atom. The first kappa shape index (κ1) is 28.9. The van der Waals surface area contributed by atoms with Gasteiger partial charge in [0.2, 0.25) is 0 Å². The Balaban J connectivity index is 1.82. The second kappa shape index (κ2) is 16.4. The third kappa shape index (κ3) is 11.3. The predicted molar refractivity (Wildman–Crippen MR) is 143 cm³/mol. The predicted octanol–water partition coefficient (Wildman–Crippen LogP) is 6.37. The van der Waals surface area contributed by atoms with Crippen LogP contribution in [0.4, 0.5) is 0 Å². The standard InChI is InChI=1S/C29H40O5S/c1-22(2)34-26(30)20-21-35-28(27(31)29(32)33)25-19-13-12-18-24(25)17-11-6-4-3-5-8-14-23-15-9-7-10-16-23/h7,9-10,12-13,15-16,18-19,22,27-28,31H,3-6,8,11,14,17,20-21H2,1-2H3,(H,32,33)/t27?,28-/m1/s1. The van der Waals surface area contributed by atoms with Gasteiger partial charge in [-0.25, -0.2) is 4.79 Å². The topological polar surface area (TPSA) is 83.8 Å². The number of esters is 1. The summed E-state index contributed by atoms with van der Waals surface area (Å²) in [4.78, 5) is 23.5. The molecule has 0 fully saturated rings. The zero-order valence-electron chi connectivity index (χ0n) is 21.0. The van der Waals surface area contributed by atoms with Crippen molar-refractivity contribution in [2.75, 3.05) is 5.75 Å².